The molecule has 1 rings (SSSR count). The Morgan fingerprint density at radius 3 is 2.87 bits per heavy atom. The zero-order valence-electron chi connectivity index (χ0n) is 9.16. The van der Waals surface area contributed by atoms with Crippen LogP contribution in [0.3, 0.4) is 0 Å². The van der Waals surface area contributed by atoms with Gasteiger partial charge < -0.3 is 10.1 Å². The lowest BCUT2D eigenvalue weighted by atomic mass is 10.2. The number of hydrogen-bond acceptors (Lipinski definition) is 3. The third-order valence-corrected chi connectivity index (χ3v) is 2.55. The molecule has 0 saturated heterocycles. The first-order valence-corrected chi connectivity index (χ1v) is 5.92. The molecule has 0 saturated carbocycles. The lowest BCUT2D eigenvalue weighted by molar-refractivity contribution is 0.182. The monoisotopic (exact) mass is 272 g/mol. The molecule has 0 bridgehead atoms. The molecule has 1 aromatic rings. The summed E-state index contributed by atoms with van der Waals surface area (Å²) < 4.78 is 6.15. The van der Waals surface area contributed by atoms with Crippen molar-refractivity contribution >= 4 is 21.7 Å². The molecule has 1 N–H and O–H groups in total. The van der Waals surface area contributed by atoms with Crippen LogP contribution in [-0.2, 0) is 4.74 Å². The SMILES string of the molecule is CCCC(COC)Nc1ccc(Br)cn1. The van der Waals surface area contributed by atoms with E-state index in [-0.39, 0.29) is 0 Å². The van der Waals surface area contributed by atoms with Crippen molar-refractivity contribution in [3.63, 3.8) is 0 Å². The molecule has 0 radical (unpaired) electrons. The number of methoxy groups -OCH3 is 1. The fourth-order valence-corrected chi connectivity index (χ4v) is 1.65. The van der Waals surface area contributed by atoms with E-state index < -0.39 is 0 Å². The molecular formula is C11H17BrN2O. The maximum Gasteiger partial charge on any atom is 0.126 e. The molecule has 1 atom stereocenters. The molecule has 4 heteroatoms. The van der Waals surface area contributed by atoms with Crippen molar-refractivity contribution < 1.29 is 4.74 Å². The normalized spacial score (nSPS) is 12.5. The van der Waals surface area contributed by atoms with Crippen molar-refractivity contribution in [3.8, 4) is 0 Å². The number of pyridine rings is 1. The molecule has 0 aromatic carbocycles. The molecule has 0 fully saturated rings. The second-order valence-electron chi connectivity index (χ2n) is 3.45. The summed E-state index contributed by atoms with van der Waals surface area (Å²) in [6.07, 6.45) is 4.02. The maximum atomic E-state index is 5.15. The van der Waals surface area contributed by atoms with Crippen LogP contribution in [0.1, 0.15) is 19.8 Å². The van der Waals surface area contributed by atoms with Crippen molar-refractivity contribution in [1.29, 1.82) is 0 Å². The van der Waals surface area contributed by atoms with E-state index in [1.54, 1.807) is 13.3 Å². The Hall–Kier alpha value is -0.610. The number of nitrogens with zero attached hydrogens (tertiary/aromatic N) is 1. The number of aromatic nitrogens is 1. The van der Waals surface area contributed by atoms with Crippen LogP contribution in [0, 0.1) is 0 Å². The van der Waals surface area contributed by atoms with Crippen LogP contribution in [-0.4, -0.2) is 24.7 Å². The minimum atomic E-state index is 0.341. The highest BCUT2D eigenvalue weighted by molar-refractivity contribution is 9.10. The number of ether oxygens (including phenoxy) is 1. The van der Waals surface area contributed by atoms with Crippen LogP contribution in [0.5, 0.6) is 0 Å². The Labute approximate surface area is 99.4 Å². The number of halogens is 1. The fourth-order valence-electron chi connectivity index (χ4n) is 1.42. The molecule has 0 aliphatic heterocycles. The van der Waals surface area contributed by atoms with Crippen molar-refractivity contribution in [3.05, 3.63) is 22.8 Å². The fraction of sp³-hybridized carbons (Fsp3) is 0.545. The van der Waals surface area contributed by atoms with E-state index in [1.165, 1.54) is 0 Å². The van der Waals surface area contributed by atoms with E-state index in [4.69, 9.17) is 4.74 Å². The van der Waals surface area contributed by atoms with Crippen molar-refractivity contribution in [2.75, 3.05) is 19.0 Å². The van der Waals surface area contributed by atoms with E-state index in [0.29, 0.717) is 12.6 Å². The molecular weight excluding hydrogens is 256 g/mol. The summed E-state index contributed by atoms with van der Waals surface area (Å²) in [4.78, 5) is 4.27. The molecule has 3 nitrogen and oxygen atoms in total. The first-order chi connectivity index (χ1) is 7.26. The van der Waals surface area contributed by atoms with Crippen LogP contribution < -0.4 is 5.32 Å². The number of rotatable bonds is 6. The molecule has 1 aromatic heterocycles. The van der Waals surface area contributed by atoms with Gasteiger partial charge in [-0.3, -0.25) is 0 Å². The van der Waals surface area contributed by atoms with Gasteiger partial charge in [-0.15, -0.1) is 0 Å². The van der Waals surface area contributed by atoms with E-state index >= 15 is 0 Å². The quantitative estimate of drug-likeness (QED) is 0.864. The van der Waals surface area contributed by atoms with Gasteiger partial charge in [-0.05, 0) is 34.5 Å². The first kappa shape index (κ1) is 12.5. The topological polar surface area (TPSA) is 34.1 Å². The molecule has 0 spiro atoms. The van der Waals surface area contributed by atoms with E-state index in [1.807, 2.05) is 12.1 Å². The Balaban J connectivity index is 2.53. The van der Waals surface area contributed by atoms with Crippen LogP contribution in [0.2, 0.25) is 0 Å². The number of anilines is 1. The summed E-state index contributed by atoms with van der Waals surface area (Å²) in [5.74, 6) is 0.897. The lowest BCUT2D eigenvalue weighted by Crippen LogP contribution is -2.25. The van der Waals surface area contributed by atoms with Crippen molar-refractivity contribution in [1.82, 2.24) is 4.98 Å². The zero-order chi connectivity index (χ0) is 11.1. The second-order valence-corrected chi connectivity index (χ2v) is 4.36. The van der Waals surface area contributed by atoms with E-state index in [9.17, 15) is 0 Å². The highest BCUT2D eigenvalue weighted by Gasteiger charge is 2.07. The Morgan fingerprint density at radius 1 is 1.53 bits per heavy atom. The van der Waals surface area contributed by atoms with Gasteiger partial charge in [0.1, 0.15) is 5.82 Å². The largest absolute Gasteiger partial charge is 0.383 e. The molecule has 1 heterocycles. The Bertz CT molecular complexity index is 270. The third kappa shape index (κ3) is 4.62. The van der Waals surface area contributed by atoms with Gasteiger partial charge in [0.15, 0.2) is 0 Å². The van der Waals surface area contributed by atoms with Crippen LogP contribution in [0.4, 0.5) is 5.82 Å². The van der Waals surface area contributed by atoms with Crippen LogP contribution in [0.15, 0.2) is 22.8 Å². The summed E-state index contributed by atoms with van der Waals surface area (Å²) in [6, 6.07) is 4.28. The first-order valence-electron chi connectivity index (χ1n) is 5.13. The predicted octanol–water partition coefficient (Wildman–Crippen LogP) is 3.07. The summed E-state index contributed by atoms with van der Waals surface area (Å²) >= 11 is 3.36. The van der Waals surface area contributed by atoms with Gasteiger partial charge in [0.05, 0.1) is 12.6 Å². The minimum Gasteiger partial charge on any atom is -0.383 e. The van der Waals surface area contributed by atoms with Gasteiger partial charge in [0, 0.05) is 17.8 Å². The van der Waals surface area contributed by atoms with Gasteiger partial charge in [0.2, 0.25) is 0 Å². The average Bonchev–Trinajstić information content (AvgIpc) is 2.22. The highest BCUT2D eigenvalue weighted by atomic mass is 79.9. The smallest absolute Gasteiger partial charge is 0.126 e. The average molecular weight is 273 g/mol. The van der Waals surface area contributed by atoms with E-state index in [0.717, 1.165) is 23.1 Å². The van der Waals surface area contributed by atoms with Crippen molar-refractivity contribution in [2.45, 2.75) is 25.8 Å². The molecule has 0 aliphatic carbocycles. The van der Waals surface area contributed by atoms with Gasteiger partial charge in [-0.25, -0.2) is 4.98 Å². The van der Waals surface area contributed by atoms with E-state index in [2.05, 4.69) is 33.2 Å². The van der Waals surface area contributed by atoms with Gasteiger partial charge in [0.25, 0.3) is 0 Å². The van der Waals surface area contributed by atoms with Crippen molar-refractivity contribution in [2.24, 2.45) is 0 Å². The summed E-state index contributed by atoms with van der Waals surface area (Å²) in [6.45, 7) is 2.88. The molecule has 0 aliphatic rings. The summed E-state index contributed by atoms with van der Waals surface area (Å²) in [5.41, 5.74) is 0. The number of nitrogens with one attached hydrogen (secondary N) is 1. The Kier molecular flexibility index (Phi) is 5.65. The molecule has 84 valence electrons. The summed E-state index contributed by atoms with van der Waals surface area (Å²) in [7, 11) is 1.72. The summed E-state index contributed by atoms with van der Waals surface area (Å²) in [5, 5.41) is 3.35. The molecule has 1 unspecified atom stereocenters. The number of hydrogen-bond donors (Lipinski definition) is 1. The van der Waals surface area contributed by atoms with Gasteiger partial charge >= 0.3 is 0 Å². The lowest BCUT2D eigenvalue weighted by Gasteiger charge is -2.17. The second kappa shape index (κ2) is 6.80. The Morgan fingerprint density at radius 2 is 2.33 bits per heavy atom. The standard InChI is InChI=1S/C11H17BrN2O/c1-3-4-10(8-15-2)14-11-6-5-9(12)7-13-11/h5-7,10H,3-4,8H2,1-2H3,(H,13,14). The minimum absolute atomic E-state index is 0.341. The zero-order valence-corrected chi connectivity index (χ0v) is 10.8. The molecule has 15 heavy (non-hydrogen) atoms. The van der Waals surface area contributed by atoms with Gasteiger partial charge in [-0.2, -0.15) is 0 Å². The molecule has 0 amide bonds. The predicted molar refractivity (Wildman–Crippen MR) is 66.1 cm³/mol. The van der Waals surface area contributed by atoms with Crippen LogP contribution in [0.25, 0.3) is 0 Å². The maximum absolute atomic E-state index is 5.15. The highest BCUT2D eigenvalue weighted by Crippen LogP contribution is 2.12. The third-order valence-electron chi connectivity index (χ3n) is 2.08. The van der Waals surface area contributed by atoms with Gasteiger partial charge in [-0.1, -0.05) is 13.3 Å². The van der Waals surface area contributed by atoms with Crippen LogP contribution >= 0.6 is 15.9 Å².